The van der Waals surface area contributed by atoms with E-state index >= 15 is 0 Å². The van der Waals surface area contributed by atoms with Crippen molar-refractivity contribution in [2.75, 3.05) is 6.61 Å². The van der Waals surface area contributed by atoms with Crippen LogP contribution in [0.5, 0.6) is 0 Å². The van der Waals surface area contributed by atoms with Crippen molar-refractivity contribution in [1.29, 1.82) is 0 Å². The summed E-state index contributed by atoms with van der Waals surface area (Å²) in [7, 11) is 0. The number of ether oxygens (including phenoxy) is 1. The lowest BCUT2D eigenvalue weighted by atomic mass is 9.98. The molecule has 0 spiro atoms. The van der Waals surface area contributed by atoms with E-state index in [9.17, 15) is 14.4 Å². The summed E-state index contributed by atoms with van der Waals surface area (Å²) in [6.45, 7) is 0.164. The van der Waals surface area contributed by atoms with Gasteiger partial charge in [-0.05, 0) is 22.3 Å². The Morgan fingerprint density at radius 3 is 2.29 bits per heavy atom. The van der Waals surface area contributed by atoms with Crippen LogP contribution in [0.25, 0.3) is 11.1 Å². The molecule has 2 aliphatic rings. The Balaban J connectivity index is 1.43. The Hall–Kier alpha value is -3.35. The van der Waals surface area contributed by atoms with E-state index in [0.717, 1.165) is 22.3 Å². The van der Waals surface area contributed by atoms with Gasteiger partial charge >= 0.3 is 12.1 Å². The number of fused-ring (bicyclic) bond motifs is 3. The van der Waals surface area contributed by atoms with Crippen LogP contribution in [0.3, 0.4) is 0 Å². The van der Waals surface area contributed by atoms with Gasteiger partial charge in [0.15, 0.2) is 0 Å². The second-order valence-electron chi connectivity index (χ2n) is 7.05. The molecule has 1 aliphatic carbocycles. The number of aliphatic carboxylic acids is 1. The van der Waals surface area contributed by atoms with Gasteiger partial charge in [-0.1, -0.05) is 48.5 Å². The van der Waals surface area contributed by atoms with E-state index in [1.54, 1.807) is 0 Å². The molecule has 144 valence electrons. The summed E-state index contributed by atoms with van der Waals surface area (Å²) in [6.07, 6.45) is -0.860. The van der Waals surface area contributed by atoms with Gasteiger partial charge in [-0.3, -0.25) is 9.59 Å². The van der Waals surface area contributed by atoms with Crippen LogP contribution in [0.2, 0.25) is 0 Å². The SMILES string of the molecule is O=C(O)C[C@H]1NC(=O)C[C@@H]1NC(=O)OCC1c2ccccc2-c2ccccc21. The molecule has 7 nitrogen and oxygen atoms in total. The summed E-state index contributed by atoms with van der Waals surface area (Å²) in [5.41, 5.74) is 4.49. The van der Waals surface area contributed by atoms with Crippen molar-refractivity contribution in [3.63, 3.8) is 0 Å². The van der Waals surface area contributed by atoms with Crippen molar-refractivity contribution in [3.8, 4) is 11.1 Å². The number of hydrogen-bond donors (Lipinski definition) is 3. The van der Waals surface area contributed by atoms with Crippen molar-refractivity contribution < 1.29 is 24.2 Å². The second-order valence-corrected chi connectivity index (χ2v) is 7.05. The number of nitrogens with one attached hydrogen (secondary N) is 2. The largest absolute Gasteiger partial charge is 0.481 e. The van der Waals surface area contributed by atoms with Crippen LogP contribution in [0, 0.1) is 0 Å². The van der Waals surface area contributed by atoms with Crippen molar-refractivity contribution in [2.24, 2.45) is 0 Å². The molecule has 2 aromatic carbocycles. The molecule has 3 N–H and O–H groups in total. The van der Waals surface area contributed by atoms with Gasteiger partial charge in [-0.15, -0.1) is 0 Å². The van der Waals surface area contributed by atoms with E-state index in [0.29, 0.717) is 0 Å². The molecule has 2 atom stereocenters. The number of carbonyl (C=O) groups is 3. The van der Waals surface area contributed by atoms with E-state index in [1.807, 2.05) is 36.4 Å². The Morgan fingerprint density at radius 2 is 1.68 bits per heavy atom. The first kappa shape index (κ1) is 18.0. The molecule has 28 heavy (non-hydrogen) atoms. The van der Waals surface area contributed by atoms with Crippen molar-refractivity contribution in [1.82, 2.24) is 10.6 Å². The zero-order valence-electron chi connectivity index (χ0n) is 15.1. The highest BCUT2D eigenvalue weighted by atomic mass is 16.5. The summed E-state index contributed by atoms with van der Waals surface area (Å²) in [4.78, 5) is 34.8. The molecule has 1 heterocycles. The molecule has 1 fully saturated rings. The van der Waals surface area contributed by atoms with Gasteiger partial charge in [-0.25, -0.2) is 4.79 Å². The highest BCUT2D eigenvalue weighted by Crippen LogP contribution is 2.44. The third kappa shape index (κ3) is 3.43. The van der Waals surface area contributed by atoms with Crippen LogP contribution in [0.15, 0.2) is 48.5 Å². The minimum Gasteiger partial charge on any atom is -0.481 e. The number of amides is 2. The van der Waals surface area contributed by atoms with Gasteiger partial charge in [0.1, 0.15) is 6.61 Å². The summed E-state index contributed by atoms with van der Waals surface area (Å²) >= 11 is 0. The fraction of sp³-hybridized carbons (Fsp3) is 0.286. The number of benzene rings is 2. The Morgan fingerprint density at radius 1 is 1.07 bits per heavy atom. The van der Waals surface area contributed by atoms with Crippen LogP contribution >= 0.6 is 0 Å². The average molecular weight is 380 g/mol. The van der Waals surface area contributed by atoms with Crippen molar-refractivity contribution in [3.05, 3.63) is 59.7 Å². The lowest BCUT2D eigenvalue weighted by Gasteiger charge is -2.19. The molecule has 0 saturated carbocycles. The fourth-order valence-electron chi connectivity index (χ4n) is 4.03. The topological polar surface area (TPSA) is 105 Å². The summed E-state index contributed by atoms with van der Waals surface area (Å²) in [5, 5.41) is 14.2. The van der Waals surface area contributed by atoms with Gasteiger partial charge < -0.3 is 20.5 Å². The molecule has 1 saturated heterocycles. The first-order valence-corrected chi connectivity index (χ1v) is 9.15. The van der Waals surface area contributed by atoms with Crippen molar-refractivity contribution in [2.45, 2.75) is 30.8 Å². The van der Waals surface area contributed by atoms with Gasteiger partial charge in [-0.2, -0.15) is 0 Å². The highest BCUT2D eigenvalue weighted by Gasteiger charge is 2.35. The summed E-state index contributed by atoms with van der Waals surface area (Å²) in [5.74, 6) is -1.38. The van der Waals surface area contributed by atoms with Crippen LogP contribution in [0.4, 0.5) is 4.79 Å². The summed E-state index contributed by atoms with van der Waals surface area (Å²) in [6, 6.07) is 14.8. The number of carboxylic acids is 1. The lowest BCUT2D eigenvalue weighted by molar-refractivity contribution is -0.137. The average Bonchev–Trinajstić information content (AvgIpc) is 3.17. The molecule has 1 aliphatic heterocycles. The van der Waals surface area contributed by atoms with E-state index in [2.05, 4.69) is 22.8 Å². The summed E-state index contributed by atoms with van der Waals surface area (Å²) < 4.78 is 5.45. The fourth-order valence-corrected chi connectivity index (χ4v) is 4.03. The molecular formula is C21H20N2O5. The lowest BCUT2D eigenvalue weighted by Crippen LogP contribution is -2.45. The number of hydrogen-bond acceptors (Lipinski definition) is 4. The van der Waals surface area contributed by atoms with E-state index in [4.69, 9.17) is 9.84 Å². The number of rotatable bonds is 5. The third-order valence-electron chi connectivity index (χ3n) is 5.28. The zero-order chi connectivity index (χ0) is 19.7. The van der Waals surface area contributed by atoms with Gasteiger partial charge in [0, 0.05) is 12.3 Å². The predicted octanol–water partition coefficient (Wildman–Crippen LogP) is 2.26. The maximum absolute atomic E-state index is 12.3. The molecule has 0 radical (unpaired) electrons. The first-order chi connectivity index (χ1) is 13.5. The molecule has 0 unspecified atom stereocenters. The van der Waals surface area contributed by atoms with Crippen LogP contribution in [0.1, 0.15) is 29.9 Å². The maximum atomic E-state index is 12.3. The molecule has 2 amide bonds. The second kappa shape index (κ2) is 7.34. The minimum absolute atomic E-state index is 0.0438. The highest BCUT2D eigenvalue weighted by molar-refractivity contribution is 5.83. The van der Waals surface area contributed by atoms with Crippen LogP contribution in [-0.2, 0) is 14.3 Å². The van der Waals surface area contributed by atoms with Gasteiger partial charge in [0.2, 0.25) is 5.91 Å². The molecule has 0 bridgehead atoms. The van der Waals surface area contributed by atoms with Gasteiger partial charge in [0.05, 0.1) is 18.5 Å². The van der Waals surface area contributed by atoms with E-state index in [1.165, 1.54) is 0 Å². The molecular weight excluding hydrogens is 360 g/mol. The Labute approximate surface area is 161 Å². The first-order valence-electron chi connectivity index (χ1n) is 9.15. The quantitative estimate of drug-likeness (QED) is 0.738. The minimum atomic E-state index is -1.04. The maximum Gasteiger partial charge on any atom is 0.407 e. The number of carbonyl (C=O) groups excluding carboxylic acids is 2. The third-order valence-corrected chi connectivity index (χ3v) is 5.28. The number of alkyl carbamates (subject to hydrolysis) is 1. The smallest absolute Gasteiger partial charge is 0.407 e. The van der Waals surface area contributed by atoms with Crippen molar-refractivity contribution >= 4 is 18.0 Å². The monoisotopic (exact) mass is 380 g/mol. The Kier molecular flexibility index (Phi) is 4.73. The predicted molar refractivity (Wildman–Crippen MR) is 101 cm³/mol. The Bertz CT molecular complexity index is 896. The normalized spacial score (nSPS) is 20.2. The molecule has 4 rings (SSSR count). The zero-order valence-corrected chi connectivity index (χ0v) is 15.1. The number of carboxylic acid groups (broad SMARTS) is 1. The van der Waals surface area contributed by atoms with Crippen LogP contribution in [-0.4, -0.2) is 41.8 Å². The van der Waals surface area contributed by atoms with E-state index in [-0.39, 0.29) is 31.3 Å². The van der Waals surface area contributed by atoms with Crippen LogP contribution < -0.4 is 10.6 Å². The molecule has 0 aromatic heterocycles. The van der Waals surface area contributed by atoms with Gasteiger partial charge in [0.25, 0.3) is 0 Å². The van der Waals surface area contributed by atoms with E-state index < -0.39 is 24.1 Å². The molecule has 2 aromatic rings. The standard InChI is InChI=1S/C21H20N2O5/c24-19-9-17(18(22-19)10-20(25)26)23-21(27)28-11-16-14-7-3-1-5-12(14)13-6-2-4-8-15(13)16/h1-8,16-18H,9-11H2,(H,22,24)(H,23,27)(H,25,26)/t17-,18+/m0/s1. The molecule has 7 heteroatoms.